The van der Waals surface area contributed by atoms with Crippen LogP contribution in [0.2, 0.25) is 0 Å². The van der Waals surface area contributed by atoms with Crippen LogP contribution >= 0.6 is 0 Å². The Morgan fingerprint density at radius 1 is 1.29 bits per heavy atom. The summed E-state index contributed by atoms with van der Waals surface area (Å²) in [6.07, 6.45) is 1.29. The quantitative estimate of drug-likeness (QED) is 0.701. The van der Waals surface area contributed by atoms with E-state index in [1.807, 2.05) is 30.3 Å². The van der Waals surface area contributed by atoms with Gasteiger partial charge < -0.3 is 15.4 Å². The molecule has 0 fully saturated rings. The SMILES string of the molecule is CC1Oc2ccc(NC(=O)C(Cc3ccccc3)n3cnnn3)cc2NC1=O. The zero-order valence-electron chi connectivity index (χ0n) is 15.1. The molecule has 0 aliphatic carbocycles. The Kier molecular flexibility index (Phi) is 4.71. The van der Waals surface area contributed by atoms with Gasteiger partial charge in [0.2, 0.25) is 5.91 Å². The van der Waals surface area contributed by atoms with Crippen molar-refractivity contribution >= 4 is 23.2 Å². The summed E-state index contributed by atoms with van der Waals surface area (Å²) in [4.78, 5) is 24.8. The Morgan fingerprint density at radius 2 is 2.11 bits per heavy atom. The van der Waals surface area contributed by atoms with E-state index in [2.05, 4.69) is 26.2 Å². The number of amides is 2. The first-order valence-corrected chi connectivity index (χ1v) is 8.79. The van der Waals surface area contributed by atoms with Gasteiger partial charge in [-0.3, -0.25) is 9.59 Å². The molecule has 2 atom stereocenters. The Labute approximate surface area is 160 Å². The number of hydrogen-bond donors (Lipinski definition) is 2. The van der Waals surface area contributed by atoms with Crippen LogP contribution in [0.15, 0.2) is 54.9 Å². The van der Waals surface area contributed by atoms with E-state index >= 15 is 0 Å². The Balaban J connectivity index is 1.55. The second-order valence-electron chi connectivity index (χ2n) is 6.44. The van der Waals surface area contributed by atoms with Gasteiger partial charge in [-0.25, -0.2) is 4.68 Å². The van der Waals surface area contributed by atoms with Gasteiger partial charge >= 0.3 is 0 Å². The van der Waals surface area contributed by atoms with Gasteiger partial charge in [-0.2, -0.15) is 0 Å². The first-order valence-electron chi connectivity index (χ1n) is 8.79. The zero-order valence-corrected chi connectivity index (χ0v) is 15.1. The summed E-state index contributed by atoms with van der Waals surface area (Å²) < 4.78 is 6.96. The van der Waals surface area contributed by atoms with E-state index < -0.39 is 12.1 Å². The lowest BCUT2D eigenvalue weighted by atomic mass is 10.1. The van der Waals surface area contributed by atoms with Crippen molar-refractivity contribution in [2.24, 2.45) is 0 Å². The van der Waals surface area contributed by atoms with Gasteiger partial charge in [0.25, 0.3) is 5.91 Å². The van der Waals surface area contributed by atoms with Crippen molar-refractivity contribution in [2.75, 3.05) is 10.6 Å². The second kappa shape index (κ2) is 7.47. The summed E-state index contributed by atoms with van der Waals surface area (Å²) in [5.74, 6) is 0.0607. The van der Waals surface area contributed by atoms with Crippen molar-refractivity contribution in [3.63, 3.8) is 0 Å². The van der Waals surface area contributed by atoms with Crippen LogP contribution < -0.4 is 15.4 Å². The van der Waals surface area contributed by atoms with Crippen molar-refractivity contribution in [3.05, 3.63) is 60.4 Å². The highest BCUT2D eigenvalue weighted by molar-refractivity contribution is 5.99. The maximum atomic E-state index is 13.0. The molecule has 9 nitrogen and oxygen atoms in total. The number of carbonyl (C=O) groups is 2. The van der Waals surface area contributed by atoms with Gasteiger partial charge in [0.15, 0.2) is 6.10 Å². The van der Waals surface area contributed by atoms with Crippen LogP contribution in [-0.2, 0) is 16.0 Å². The number of benzene rings is 2. The van der Waals surface area contributed by atoms with Crippen LogP contribution in [0.1, 0.15) is 18.5 Å². The third-order valence-corrected chi connectivity index (χ3v) is 4.44. The van der Waals surface area contributed by atoms with E-state index in [0.717, 1.165) is 5.56 Å². The summed E-state index contributed by atoms with van der Waals surface area (Å²) >= 11 is 0. The lowest BCUT2D eigenvalue weighted by Crippen LogP contribution is -2.34. The number of tetrazole rings is 1. The average molecular weight is 378 g/mol. The molecule has 0 spiro atoms. The predicted molar refractivity (Wildman–Crippen MR) is 101 cm³/mol. The van der Waals surface area contributed by atoms with Gasteiger partial charge in [0.05, 0.1) is 5.69 Å². The highest BCUT2D eigenvalue weighted by Gasteiger charge is 2.25. The van der Waals surface area contributed by atoms with Crippen LogP contribution in [-0.4, -0.2) is 38.1 Å². The van der Waals surface area contributed by atoms with Crippen molar-refractivity contribution in [2.45, 2.75) is 25.5 Å². The molecule has 2 N–H and O–H groups in total. The fraction of sp³-hybridized carbons (Fsp3) is 0.211. The highest BCUT2D eigenvalue weighted by atomic mass is 16.5. The number of nitrogens with one attached hydrogen (secondary N) is 2. The molecule has 4 rings (SSSR count). The van der Waals surface area contributed by atoms with Gasteiger partial charge in [-0.15, -0.1) is 5.10 Å². The minimum atomic E-state index is -0.626. The number of aromatic nitrogens is 4. The van der Waals surface area contributed by atoms with Gasteiger partial charge in [-0.1, -0.05) is 30.3 Å². The van der Waals surface area contributed by atoms with Crippen LogP contribution in [0.25, 0.3) is 0 Å². The standard InChI is InChI=1S/C19H18N6O3/c1-12-18(26)22-15-10-14(7-8-17(15)28-12)21-19(27)16(25-11-20-23-24-25)9-13-5-3-2-4-6-13/h2-8,10-12,16H,9H2,1H3,(H,21,27)(H,22,26). The third kappa shape index (κ3) is 3.68. The monoisotopic (exact) mass is 378 g/mol. The molecule has 0 saturated heterocycles. The van der Waals surface area contributed by atoms with Crippen LogP contribution in [0.4, 0.5) is 11.4 Å². The number of carbonyl (C=O) groups excluding carboxylic acids is 2. The number of fused-ring (bicyclic) bond motifs is 1. The van der Waals surface area contributed by atoms with Gasteiger partial charge in [0, 0.05) is 12.1 Å². The maximum Gasteiger partial charge on any atom is 0.265 e. The van der Waals surface area contributed by atoms with Crippen LogP contribution in [0.3, 0.4) is 0 Å². The summed E-state index contributed by atoms with van der Waals surface area (Å²) in [6.45, 7) is 1.67. The molecule has 142 valence electrons. The molecule has 2 unspecified atom stereocenters. The lowest BCUT2D eigenvalue weighted by Gasteiger charge is -2.24. The van der Waals surface area contributed by atoms with E-state index in [1.54, 1.807) is 25.1 Å². The molecule has 9 heteroatoms. The van der Waals surface area contributed by atoms with E-state index in [9.17, 15) is 9.59 Å². The van der Waals surface area contributed by atoms with Crippen molar-refractivity contribution in [1.29, 1.82) is 0 Å². The van der Waals surface area contributed by atoms with E-state index in [1.165, 1.54) is 11.0 Å². The molecule has 2 aromatic carbocycles. The zero-order chi connectivity index (χ0) is 19.5. The Hall–Kier alpha value is -3.75. The molecule has 1 aliphatic rings. The smallest absolute Gasteiger partial charge is 0.265 e. The molecular formula is C19H18N6O3. The average Bonchev–Trinajstić information content (AvgIpc) is 3.22. The predicted octanol–water partition coefficient (Wildman–Crippen LogP) is 1.81. The molecule has 0 saturated carbocycles. The first kappa shape index (κ1) is 17.7. The van der Waals surface area contributed by atoms with Crippen molar-refractivity contribution in [3.8, 4) is 5.75 Å². The summed E-state index contributed by atoms with van der Waals surface area (Å²) in [7, 11) is 0. The van der Waals surface area contributed by atoms with E-state index in [0.29, 0.717) is 23.5 Å². The summed E-state index contributed by atoms with van der Waals surface area (Å²) in [5, 5.41) is 16.8. The molecule has 2 amide bonds. The normalized spacial score (nSPS) is 16.5. The molecule has 3 aromatic rings. The fourth-order valence-electron chi connectivity index (χ4n) is 2.97. The number of hydrogen-bond acceptors (Lipinski definition) is 6. The van der Waals surface area contributed by atoms with Gasteiger partial charge in [-0.05, 0) is 41.1 Å². The summed E-state index contributed by atoms with van der Waals surface area (Å²) in [6, 6.07) is 14.1. The van der Waals surface area contributed by atoms with Crippen molar-refractivity contribution in [1.82, 2.24) is 20.2 Å². The summed E-state index contributed by atoms with van der Waals surface area (Å²) in [5.41, 5.74) is 2.04. The lowest BCUT2D eigenvalue weighted by molar-refractivity contribution is -0.122. The van der Waals surface area contributed by atoms with E-state index in [4.69, 9.17) is 4.74 Å². The molecule has 0 radical (unpaired) electrons. The highest BCUT2D eigenvalue weighted by Crippen LogP contribution is 2.32. The minimum Gasteiger partial charge on any atom is -0.479 e. The van der Waals surface area contributed by atoms with Gasteiger partial charge in [0.1, 0.15) is 18.1 Å². The third-order valence-electron chi connectivity index (χ3n) is 4.44. The number of rotatable bonds is 5. The maximum absolute atomic E-state index is 13.0. The molecule has 0 bridgehead atoms. The fourth-order valence-corrected chi connectivity index (χ4v) is 2.97. The number of nitrogens with zero attached hydrogens (tertiary/aromatic N) is 4. The first-order chi connectivity index (χ1) is 13.6. The number of anilines is 2. The topological polar surface area (TPSA) is 111 Å². The molecule has 2 heterocycles. The largest absolute Gasteiger partial charge is 0.479 e. The van der Waals surface area contributed by atoms with Crippen molar-refractivity contribution < 1.29 is 14.3 Å². The van der Waals surface area contributed by atoms with Crippen LogP contribution in [0.5, 0.6) is 5.75 Å². The molecular weight excluding hydrogens is 360 g/mol. The van der Waals surface area contributed by atoms with Crippen LogP contribution in [0, 0.1) is 0 Å². The molecule has 1 aliphatic heterocycles. The molecule has 1 aromatic heterocycles. The number of ether oxygens (including phenoxy) is 1. The van der Waals surface area contributed by atoms with E-state index in [-0.39, 0.29) is 11.8 Å². The Morgan fingerprint density at radius 3 is 2.86 bits per heavy atom. The minimum absolute atomic E-state index is 0.230. The second-order valence-corrected chi connectivity index (χ2v) is 6.44. The Bertz CT molecular complexity index is 990. The molecule has 28 heavy (non-hydrogen) atoms.